The predicted molar refractivity (Wildman–Crippen MR) is 44.3 cm³/mol. The Morgan fingerprint density at radius 1 is 1.58 bits per heavy atom. The summed E-state index contributed by atoms with van der Waals surface area (Å²) in [6.45, 7) is 1.91. The summed E-state index contributed by atoms with van der Waals surface area (Å²) in [5, 5.41) is 14.3. The van der Waals surface area contributed by atoms with E-state index in [0.29, 0.717) is 0 Å². The average Bonchev–Trinajstić information content (AvgIpc) is 2.06. The highest BCUT2D eigenvalue weighted by Crippen LogP contribution is 2.01. The number of nitrogens with one attached hydrogen (secondary N) is 2. The van der Waals surface area contributed by atoms with E-state index in [-0.39, 0.29) is 18.4 Å². The number of rotatable bonds is 2. The summed E-state index contributed by atoms with van der Waals surface area (Å²) in [7, 11) is 0. The third-order valence-electron chi connectivity index (χ3n) is 1.94. The number of nitrogens with zero attached hydrogens (tertiary/aromatic N) is 1. The van der Waals surface area contributed by atoms with Crippen LogP contribution in [-0.4, -0.2) is 25.0 Å². The van der Waals surface area contributed by atoms with E-state index in [2.05, 4.69) is 10.6 Å². The Hall–Kier alpha value is -1.08. The van der Waals surface area contributed by atoms with E-state index >= 15 is 0 Å². The van der Waals surface area contributed by atoms with Gasteiger partial charge in [0.2, 0.25) is 5.91 Å². The zero-order valence-corrected chi connectivity index (χ0v) is 6.97. The zero-order chi connectivity index (χ0) is 8.81. The molecule has 0 atom stereocenters. The molecule has 0 aromatic carbocycles. The molecular formula is C8H13N3O. The molecule has 0 aromatic rings. The average molecular weight is 167 g/mol. The molecule has 4 heteroatoms. The first kappa shape index (κ1) is 9.01. The van der Waals surface area contributed by atoms with Gasteiger partial charge in [0.15, 0.2) is 0 Å². The fourth-order valence-electron chi connectivity index (χ4n) is 1.32. The number of carbonyl (C=O) groups is 1. The van der Waals surface area contributed by atoms with Crippen LogP contribution in [0.4, 0.5) is 0 Å². The first-order valence-corrected chi connectivity index (χ1v) is 4.20. The van der Waals surface area contributed by atoms with Gasteiger partial charge < -0.3 is 10.6 Å². The molecule has 1 amide bonds. The minimum Gasteiger partial charge on any atom is -0.352 e. The largest absolute Gasteiger partial charge is 0.352 e. The molecule has 0 spiro atoms. The van der Waals surface area contributed by atoms with E-state index in [1.165, 1.54) is 0 Å². The summed E-state index contributed by atoms with van der Waals surface area (Å²) in [5.41, 5.74) is 0. The van der Waals surface area contributed by atoms with Gasteiger partial charge in [-0.25, -0.2) is 0 Å². The second-order valence-corrected chi connectivity index (χ2v) is 2.93. The third-order valence-corrected chi connectivity index (χ3v) is 1.94. The minimum atomic E-state index is -0.149. The van der Waals surface area contributed by atoms with Gasteiger partial charge in [-0.3, -0.25) is 4.79 Å². The van der Waals surface area contributed by atoms with Crippen molar-refractivity contribution in [3.05, 3.63) is 0 Å². The Kier molecular flexibility index (Phi) is 3.55. The molecule has 0 radical (unpaired) electrons. The lowest BCUT2D eigenvalue weighted by atomic mass is 10.1. The number of hydrogen-bond donors (Lipinski definition) is 2. The van der Waals surface area contributed by atoms with Crippen molar-refractivity contribution in [1.29, 1.82) is 5.26 Å². The standard InChI is InChI=1S/C8H13N3O/c9-4-1-8(12)11-7-2-5-10-6-3-7/h7,10H,1-3,5-6H2,(H,11,12). The minimum absolute atomic E-state index is 0.0239. The molecular weight excluding hydrogens is 154 g/mol. The molecule has 12 heavy (non-hydrogen) atoms. The second kappa shape index (κ2) is 4.73. The molecule has 0 bridgehead atoms. The van der Waals surface area contributed by atoms with Crippen molar-refractivity contribution in [3.8, 4) is 6.07 Å². The van der Waals surface area contributed by atoms with Crippen LogP contribution in [0, 0.1) is 11.3 Å². The number of piperidine rings is 1. The van der Waals surface area contributed by atoms with Gasteiger partial charge in [0.25, 0.3) is 0 Å². The Morgan fingerprint density at radius 3 is 2.83 bits per heavy atom. The zero-order valence-electron chi connectivity index (χ0n) is 6.97. The van der Waals surface area contributed by atoms with E-state index in [9.17, 15) is 4.79 Å². The van der Waals surface area contributed by atoms with Crippen LogP contribution in [0.2, 0.25) is 0 Å². The Labute approximate surface area is 71.9 Å². The van der Waals surface area contributed by atoms with Crippen LogP contribution in [0.25, 0.3) is 0 Å². The summed E-state index contributed by atoms with van der Waals surface area (Å²) in [6, 6.07) is 2.10. The molecule has 0 aliphatic carbocycles. The van der Waals surface area contributed by atoms with E-state index in [0.717, 1.165) is 25.9 Å². The Bertz CT molecular complexity index is 191. The van der Waals surface area contributed by atoms with Gasteiger partial charge >= 0.3 is 0 Å². The van der Waals surface area contributed by atoms with Gasteiger partial charge in [0.1, 0.15) is 6.42 Å². The van der Waals surface area contributed by atoms with Crippen molar-refractivity contribution in [3.63, 3.8) is 0 Å². The highest BCUT2D eigenvalue weighted by molar-refractivity contribution is 5.78. The van der Waals surface area contributed by atoms with Crippen LogP contribution in [0.5, 0.6) is 0 Å². The predicted octanol–water partition coefficient (Wildman–Crippen LogP) is -0.232. The fraction of sp³-hybridized carbons (Fsp3) is 0.750. The van der Waals surface area contributed by atoms with Crippen molar-refractivity contribution in [1.82, 2.24) is 10.6 Å². The molecule has 2 N–H and O–H groups in total. The number of carbonyl (C=O) groups excluding carboxylic acids is 1. The SMILES string of the molecule is N#CCC(=O)NC1CCNCC1. The molecule has 0 unspecified atom stereocenters. The Balaban J connectivity index is 2.21. The molecule has 0 saturated carbocycles. The van der Waals surface area contributed by atoms with E-state index in [1.54, 1.807) is 0 Å². The van der Waals surface area contributed by atoms with Gasteiger partial charge in [0, 0.05) is 6.04 Å². The maximum Gasteiger partial charge on any atom is 0.234 e. The maximum atomic E-state index is 11.0. The molecule has 0 aromatic heterocycles. The van der Waals surface area contributed by atoms with E-state index < -0.39 is 0 Å². The van der Waals surface area contributed by atoms with Crippen molar-refractivity contribution in [2.24, 2.45) is 0 Å². The van der Waals surface area contributed by atoms with Crippen LogP contribution >= 0.6 is 0 Å². The van der Waals surface area contributed by atoms with Crippen LogP contribution < -0.4 is 10.6 Å². The smallest absolute Gasteiger partial charge is 0.234 e. The number of nitriles is 1. The lowest BCUT2D eigenvalue weighted by Crippen LogP contribution is -2.42. The number of amides is 1. The van der Waals surface area contributed by atoms with Gasteiger partial charge in [0.05, 0.1) is 6.07 Å². The second-order valence-electron chi connectivity index (χ2n) is 2.93. The quantitative estimate of drug-likeness (QED) is 0.597. The van der Waals surface area contributed by atoms with Crippen LogP contribution in [-0.2, 0) is 4.79 Å². The van der Waals surface area contributed by atoms with E-state index in [4.69, 9.17) is 5.26 Å². The highest BCUT2D eigenvalue weighted by atomic mass is 16.1. The summed E-state index contributed by atoms with van der Waals surface area (Å²) in [4.78, 5) is 11.0. The van der Waals surface area contributed by atoms with Crippen molar-refractivity contribution >= 4 is 5.91 Å². The summed E-state index contributed by atoms with van der Waals surface area (Å²) >= 11 is 0. The van der Waals surface area contributed by atoms with Crippen LogP contribution in [0.15, 0.2) is 0 Å². The molecule has 1 heterocycles. The Morgan fingerprint density at radius 2 is 2.25 bits per heavy atom. The first-order valence-electron chi connectivity index (χ1n) is 4.20. The summed E-state index contributed by atoms with van der Waals surface area (Å²) in [6.07, 6.45) is 1.91. The van der Waals surface area contributed by atoms with Gasteiger partial charge in [-0.15, -0.1) is 0 Å². The lowest BCUT2D eigenvalue weighted by Gasteiger charge is -2.23. The summed E-state index contributed by atoms with van der Waals surface area (Å²) in [5.74, 6) is -0.149. The molecule has 1 saturated heterocycles. The molecule has 4 nitrogen and oxygen atoms in total. The fourth-order valence-corrected chi connectivity index (χ4v) is 1.32. The third kappa shape index (κ3) is 2.89. The molecule has 1 aliphatic heterocycles. The first-order chi connectivity index (χ1) is 5.83. The van der Waals surface area contributed by atoms with Crippen LogP contribution in [0.1, 0.15) is 19.3 Å². The topological polar surface area (TPSA) is 64.9 Å². The lowest BCUT2D eigenvalue weighted by molar-refractivity contribution is -0.120. The molecule has 1 fully saturated rings. The normalized spacial score (nSPS) is 18.2. The van der Waals surface area contributed by atoms with Crippen molar-refractivity contribution in [2.75, 3.05) is 13.1 Å². The van der Waals surface area contributed by atoms with Crippen molar-refractivity contribution < 1.29 is 4.79 Å². The highest BCUT2D eigenvalue weighted by Gasteiger charge is 2.14. The molecule has 1 rings (SSSR count). The molecule has 1 aliphatic rings. The van der Waals surface area contributed by atoms with Gasteiger partial charge in [-0.1, -0.05) is 0 Å². The monoisotopic (exact) mass is 167 g/mol. The van der Waals surface area contributed by atoms with E-state index in [1.807, 2.05) is 6.07 Å². The van der Waals surface area contributed by atoms with Gasteiger partial charge in [-0.2, -0.15) is 5.26 Å². The van der Waals surface area contributed by atoms with Gasteiger partial charge in [-0.05, 0) is 25.9 Å². The molecule has 66 valence electrons. The number of hydrogen-bond acceptors (Lipinski definition) is 3. The summed E-state index contributed by atoms with van der Waals surface area (Å²) < 4.78 is 0. The van der Waals surface area contributed by atoms with Crippen molar-refractivity contribution in [2.45, 2.75) is 25.3 Å². The van der Waals surface area contributed by atoms with Crippen LogP contribution in [0.3, 0.4) is 0 Å². The maximum absolute atomic E-state index is 11.0.